The lowest BCUT2D eigenvalue weighted by Crippen LogP contribution is -2.13. The van der Waals surface area contributed by atoms with E-state index in [0.717, 1.165) is 5.01 Å². The van der Waals surface area contributed by atoms with E-state index in [9.17, 15) is 9.59 Å². The van der Waals surface area contributed by atoms with Crippen LogP contribution in [0.5, 0.6) is 0 Å². The fourth-order valence-corrected chi connectivity index (χ4v) is 2.62. The van der Waals surface area contributed by atoms with Gasteiger partial charge in [-0.3, -0.25) is 9.59 Å². The maximum absolute atomic E-state index is 12.2. The number of nitrogens with zero attached hydrogens (tertiary/aromatic N) is 1. The van der Waals surface area contributed by atoms with Gasteiger partial charge >= 0.3 is 5.97 Å². The SMILES string of the molecule is CC(C)c1ncc(C(=O)Nc2ccccc2CC(=O)O)s1. The van der Waals surface area contributed by atoms with Gasteiger partial charge in [0.15, 0.2) is 0 Å². The molecule has 110 valence electrons. The first-order valence-corrected chi connectivity index (χ1v) is 7.35. The minimum atomic E-state index is -0.934. The Morgan fingerprint density at radius 3 is 2.67 bits per heavy atom. The third-order valence-corrected chi connectivity index (χ3v) is 4.15. The van der Waals surface area contributed by atoms with E-state index in [2.05, 4.69) is 10.3 Å². The molecule has 5 nitrogen and oxygen atoms in total. The smallest absolute Gasteiger partial charge is 0.307 e. The van der Waals surface area contributed by atoms with Crippen LogP contribution in [-0.2, 0) is 11.2 Å². The van der Waals surface area contributed by atoms with Gasteiger partial charge in [-0.2, -0.15) is 0 Å². The summed E-state index contributed by atoms with van der Waals surface area (Å²) in [6.45, 7) is 4.03. The molecule has 0 bridgehead atoms. The third-order valence-electron chi connectivity index (χ3n) is 2.85. The molecule has 1 amide bonds. The topological polar surface area (TPSA) is 79.3 Å². The number of amides is 1. The molecule has 0 aliphatic rings. The van der Waals surface area contributed by atoms with Crippen LogP contribution in [0, 0.1) is 0 Å². The highest BCUT2D eigenvalue weighted by atomic mass is 32.1. The van der Waals surface area contributed by atoms with Crippen molar-refractivity contribution in [3.63, 3.8) is 0 Å². The third kappa shape index (κ3) is 3.88. The summed E-state index contributed by atoms with van der Waals surface area (Å²) in [5.41, 5.74) is 1.09. The van der Waals surface area contributed by atoms with Gasteiger partial charge in [0.25, 0.3) is 5.91 Å². The predicted molar refractivity (Wildman–Crippen MR) is 81.9 cm³/mol. The Morgan fingerprint density at radius 1 is 1.33 bits per heavy atom. The van der Waals surface area contributed by atoms with Crippen LogP contribution in [0.15, 0.2) is 30.5 Å². The fourth-order valence-electron chi connectivity index (χ4n) is 1.80. The van der Waals surface area contributed by atoms with Crippen molar-refractivity contribution in [2.75, 3.05) is 5.32 Å². The predicted octanol–water partition coefficient (Wildman–Crippen LogP) is 3.15. The zero-order valence-corrected chi connectivity index (χ0v) is 12.6. The summed E-state index contributed by atoms with van der Waals surface area (Å²) in [5, 5.41) is 12.5. The van der Waals surface area contributed by atoms with Gasteiger partial charge in [-0.25, -0.2) is 4.98 Å². The van der Waals surface area contributed by atoms with Crippen molar-refractivity contribution in [2.45, 2.75) is 26.2 Å². The van der Waals surface area contributed by atoms with Crippen LogP contribution in [0.25, 0.3) is 0 Å². The molecule has 0 unspecified atom stereocenters. The van der Waals surface area contributed by atoms with Crippen molar-refractivity contribution >= 4 is 28.9 Å². The molecule has 0 aliphatic carbocycles. The number of carbonyl (C=O) groups is 2. The van der Waals surface area contributed by atoms with Gasteiger partial charge in [-0.1, -0.05) is 32.0 Å². The molecule has 0 saturated heterocycles. The number of anilines is 1. The second-order valence-electron chi connectivity index (χ2n) is 4.90. The molecule has 0 radical (unpaired) electrons. The first-order valence-electron chi connectivity index (χ1n) is 6.54. The number of carboxylic acid groups (broad SMARTS) is 1. The van der Waals surface area contributed by atoms with Crippen molar-refractivity contribution in [1.82, 2.24) is 4.98 Å². The molecule has 2 rings (SSSR count). The maximum Gasteiger partial charge on any atom is 0.307 e. The van der Waals surface area contributed by atoms with E-state index in [1.165, 1.54) is 11.3 Å². The molecule has 2 aromatic rings. The van der Waals surface area contributed by atoms with Gasteiger partial charge < -0.3 is 10.4 Å². The Labute approximate surface area is 126 Å². The van der Waals surface area contributed by atoms with Crippen molar-refractivity contribution in [3.05, 3.63) is 45.9 Å². The molecular formula is C15H16N2O3S. The van der Waals surface area contributed by atoms with Gasteiger partial charge in [0, 0.05) is 11.6 Å². The number of benzene rings is 1. The summed E-state index contributed by atoms with van der Waals surface area (Å²) in [6, 6.07) is 6.89. The lowest BCUT2D eigenvalue weighted by atomic mass is 10.1. The molecule has 0 saturated carbocycles. The van der Waals surface area contributed by atoms with Gasteiger partial charge in [-0.05, 0) is 11.6 Å². The molecule has 0 fully saturated rings. The van der Waals surface area contributed by atoms with E-state index < -0.39 is 5.97 Å². The first kappa shape index (κ1) is 15.2. The Hall–Kier alpha value is -2.21. The van der Waals surface area contributed by atoms with Crippen LogP contribution in [0.2, 0.25) is 0 Å². The lowest BCUT2D eigenvalue weighted by Gasteiger charge is -2.08. The Bertz CT molecular complexity index is 664. The number of para-hydroxylation sites is 1. The number of aliphatic carboxylic acids is 1. The monoisotopic (exact) mass is 304 g/mol. The normalized spacial score (nSPS) is 10.6. The molecule has 0 spiro atoms. The number of rotatable bonds is 5. The van der Waals surface area contributed by atoms with Crippen LogP contribution < -0.4 is 5.32 Å². The van der Waals surface area contributed by atoms with Crippen molar-refractivity contribution < 1.29 is 14.7 Å². The molecule has 1 aromatic heterocycles. The van der Waals surface area contributed by atoms with Gasteiger partial charge in [0.05, 0.1) is 17.6 Å². The Kier molecular flexibility index (Phi) is 4.70. The Morgan fingerprint density at radius 2 is 2.05 bits per heavy atom. The van der Waals surface area contributed by atoms with E-state index in [1.54, 1.807) is 30.5 Å². The van der Waals surface area contributed by atoms with E-state index in [4.69, 9.17) is 5.11 Å². The number of aromatic nitrogens is 1. The summed E-state index contributed by atoms with van der Waals surface area (Å²) in [6.07, 6.45) is 1.42. The van der Waals surface area contributed by atoms with Crippen LogP contribution in [0.3, 0.4) is 0 Å². The number of hydrogen-bond donors (Lipinski definition) is 2. The molecule has 2 N–H and O–H groups in total. The van der Waals surface area contributed by atoms with Crippen molar-refractivity contribution in [3.8, 4) is 0 Å². The standard InChI is InChI=1S/C15H16N2O3S/c1-9(2)15-16-8-12(21-15)14(20)17-11-6-4-3-5-10(11)7-13(18)19/h3-6,8-9H,7H2,1-2H3,(H,17,20)(H,18,19). The molecule has 1 heterocycles. The molecule has 0 atom stereocenters. The molecule has 0 aliphatic heterocycles. The fraction of sp³-hybridized carbons (Fsp3) is 0.267. The highest BCUT2D eigenvalue weighted by Gasteiger charge is 2.14. The van der Waals surface area contributed by atoms with Crippen LogP contribution in [0.1, 0.15) is 40.0 Å². The number of carboxylic acids is 1. The van der Waals surface area contributed by atoms with E-state index in [-0.39, 0.29) is 18.2 Å². The van der Waals surface area contributed by atoms with Gasteiger partial charge in [-0.15, -0.1) is 11.3 Å². The highest BCUT2D eigenvalue weighted by Crippen LogP contribution is 2.23. The largest absolute Gasteiger partial charge is 0.481 e. The van der Waals surface area contributed by atoms with Crippen LogP contribution >= 0.6 is 11.3 Å². The molecular weight excluding hydrogens is 288 g/mol. The van der Waals surface area contributed by atoms with Crippen LogP contribution in [0.4, 0.5) is 5.69 Å². The summed E-state index contributed by atoms with van der Waals surface area (Å²) in [7, 11) is 0. The summed E-state index contributed by atoms with van der Waals surface area (Å²) in [5.74, 6) is -0.926. The highest BCUT2D eigenvalue weighted by molar-refractivity contribution is 7.13. The minimum absolute atomic E-state index is 0.129. The second-order valence-corrected chi connectivity index (χ2v) is 5.96. The molecule has 1 aromatic carbocycles. The zero-order chi connectivity index (χ0) is 15.4. The Balaban J connectivity index is 2.17. The summed E-state index contributed by atoms with van der Waals surface area (Å²) in [4.78, 5) is 27.8. The average Bonchev–Trinajstić information content (AvgIpc) is 2.90. The minimum Gasteiger partial charge on any atom is -0.481 e. The quantitative estimate of drug-likeness (QED) is 0.889. The maximum atomic E-state index is 12.2. The zero-order valence-electron chi connectivity index (χ0n) is 11.8. The van der Waals surface area contributed by atoms with Gasteiger partial charge in [0.1, 0.15) is 4.88 Å². The number of hydrogen-bond acceptors (Lipinski definition) is 4. The first-order chi connectivity index (χ1) is 9.97. The van der Waals surface area contributed by atoms with Crippen LogP contribution in [-0.4, -0.2) is 22.0 Å². The van der Waals surface area contributed by atoms with Gasteiger partial charge in [0.2, 0.25) is 0 Å². The van der Waals surface area contributed by atoms with E-state index in [1.807, 2.05) is 13.8 Å². The molecule has 6 heteroatoms. The number of thiazole rings is 1. The van der Waals surface area contributed by atoms with E-state index in [0.29, 0.717) is 16.1 Å². The lowest BCUT2D eigenvalue weighted by molar-refractivity contribution is -0.136. The number of nitrogens with one attached hydrogen (secondary N) is 1. The summed E-state index contributed by atoms with van der Waals surface area (Å²) >= 11 is 1.35. The van der Waals surface area contributed by atoms with E-state index >= 15 is 0 Å². The molecule has 21 heavy (non-hydrogen) atoms. The number of carbonyl (C=O) groups excluding carboxylic acids is 1. The average molecular weight is 304 g/mol. The van der Waals surface area contributed by atoms with Crippen molar-refractivity contribution in [2.24, 2.45) is 0 Å². The second kappa shape index (κ2) is 6.49. The van der Waals surface area contributed by atoms with Crippen molar-refractivity contribution in [1.29, 1.82) is 0 Å². The summed E-state index contributed by atoms with van der Waals surface area (Å²) < 4.78 is 0.